The van der Waals surface area contributed by atoms with Gasteiger partial charge in [-0.2, -0.15) is 0 Å². The van der Waals surface area contributed by atoms with E-state index in [0.29, 0.717) is 11.6 Å². The Labute approximate surface area is 113 Å². The fourth-order valence-electron chi connectivity index (χ4n) is 2.32. The average molecular weight is 263 g/mol. The number of hydrogen-bond acceptors (Lipinski definition) is 4. The molecule has 0 heterocycles. The van der Waals surface area contributed by atoms with Gasteiger partial charge in [-0.3, -0.25) is 0 Å². The van der Waals surface area contributed by atoms with E-state index in [4.69, 9.17) is 15.7 Å². The molecule has 1 aromatic carbocycles. The van der Waals surface area contributed by atoms with E-state index in [-0.39, 0.29) is 5.84 Å². The van der Waals surface area contributed by atoms with Gasteiger partial charge in [-0.15, -0.1) is 0 Å². The topological polar surface area (TPSA) is 79.9 Å². The van der Waals surface area contributed by atoms with Gasteiger partial charge in [0, 0.05) is 23.7 Å². The maximum atomic E-state index is 8.72. The SMILES string of the molecule is CCC1CC1NCc1cc(/C(N)=N/O)ccc1OC. The smallest absolute Gasteiger partial charge is 0.170 e. The normalized spacial score (nSPS) is 22.3. The van der Waals surface area contributed by atoms with E-state index in [1.807, 2.05) is 12.1 Å². The largest absolute Gasteiger partial charge is 0.496 e. The summed E-state index contributed by atoms with van der Waals surface area (Å²) in [5.74, 6) is 1.73. The Morgan fingerprint density at radius 2 is 2.37 bits per heavy atom. The molecule has 0 radical (unpaired) electrons. The number of rotatable bonds is 6. The first-order chi connectivity index (χ1) is 9.19. The number of amidine groups is 1. The minimum absolute atomic E-state index is 0.113. The molecule has 1 fully saturated rings. The number of ether oxygens (including phenoxy) is 1. The zero-order chi connectivity index (χ0) is 13.8. The Morgan fingerprint density at radius 1 is 1.58 bits per heavy atom. The third-order valence-electron chi connectivity index (χ3n) is 3.69. The molecular weight excluding hydrogens is 242 g/mol. The van der Waals surface area contributed by atoms with Crippen LogP contribution in [0.3, 0.4) is 0 Å². The Morgan fingerprint density at radius 3 is 2.95 bits per heavy atom. The maximum Gasteiger partial charge on any atom is 0.170 e. The van der Waals surface area contributed by atoms with Crippen LogP contribution in [0.15, 0.2) is 23.4 Å². The molecule has 2 unspecified atom stereocenters. The van der Waals surface area contributed by atoms with Crippen molar-refractivity contribution in [2.45, 2.75) is 32.4 Å². The number of oxime groups is 1. The Hall–Kier alpha value is -1.75. The third kappa shape index (κ3) is 3.17. The van der Waals surface area contributed by atoms with Gasteiger partial charge in [-0.1, -0.05) is 18.5 Å². The number of nitrogens with one attached hydrogen (secondary N) is 1. The van der Waals surface area contributed by atoms with Crippen molar-refractivity contribution in [2.24, 2.45) is 16.8 Å². The highest BCUT2D eigenvalue weighted by atomic mass is 16.5. The van der Waals surface area contributed by atoms with Crippen LogP contribution in [0.2, 0.25) is 0 Å². The molecule has 2 rings (SSSR count). The molecule has 1 aliphatic carbocycles. The van der Waals surface area contributed by atoms with E-state index in [1.54, 1.807) is 13.2 Å². The molecular formula is C14H21N3O2. The van der Waals surface area contributed by atoms with Crippen LogP contribution in [0, 0.1) is 5.92 Å². The van der Waals surface area contributed by atoms with Crippen LogP contribution in [0.4, 0.5) is 0 Å². The van der Waals surface area contributed by atoms with Crippen LogP contribution in [0.5, 0.6) is 5.75 Å². The Bertz CT molecular complexity index is 474. The number of nitrogens with two attached hydrogens (primary N) is 1. The monoisotopic (exact) mass is 263 g/mol. The fourth-order valence-corrected chi connectivity index (χ4v) is 2.32. The maximum absolute atomic E-state index is 8.72. The summed E-state index contributed by atoms with van der Waals surface area (Å²) in [5, 5.41) is 15.2. The summed E-state index contributed by atoms with van der Waals surface area (Å²) >= 11 is 0. The second-order valence-corrected chi connectivity index (χ2v) is 4.90. The molecule has 19 heavy (non-hydrogen) atoms. The molecule has 2 atom stereocenters. The van der Waals surface area contributed by atoms with Crippen molar-refractivity contribution in [1.82, 2.24) is 5.32 Å². The van der Waals surface area contributed by atoms with Crippen LogP contribution in [-0.4, -0.2) is 24.2 Å². The zero-order valence-corrected chi connectivity index (χ0v) is 11.4. The van der Waals surface area contributed by atoms with Crippen molar-refractivity contribution in [3.63, 3.8) is 0 Å². The molecule has 104 valence electrons. The van der Waals surface area contributed by atoms with E-state index in [1.165, 1.54) is 12.8 Å². The van der Waals surface area contributed by atoms with E-state index >= 15 is 0 Å². The molecule has 5 nitrogen and oxygen atoms in total. The summed E-state index contributed by atoms with van der Waals surface area (Å²) in [6, 6.07) is 6.13. The van der Waals surface area contributed by atoms with Gasteiger partial charge in [0.05, 0.1) is 7.11 Å². The van der Waals surface area contributed by atoms with Crippen molar-refractivity contribution in [3.8, 4) is 5.75 Å². The number of nitrogens with zero attached hydrogens (tertiary/aromatic N) is 1. The van der Waals surface area contributed by atoms with Gasteiger partial charge in [-0.05, 0) is 30.5 Å². The summed E-state index contributed by atoms with van der Waals surface area (Å²) in [5.41, 5.74) is 7.32. The summed E-state index contributed by atoms with van der Waals surface area (Å²) in [7, 11) is 1.65. The minimum Gasteiger partial charge on any atom is -0.496 e. The van der Waals surface area contributed by atoms with E-state index in [9.17, 15) is 0 Å². The highest BCUT2D eigenvalue weighted by Crippen LogP contribution is 2.33. The van der Waals surface area contributed by atoms with E-state index < -0.39 is 0 Å². The molecule has 0 bridgehead atoms. The van der Waals surface area contributed by atoms with Crippen LogP contribution in [-0.2, 0) is 6.54 Å². The molecule has 1 aliphatic rings. The molecule has 4 N–H and O–H groups in total. The second-order valence-electron chi connectivity index (χ2n) is 4.90. The quantitative estimate of drug-likeness (QED) is 0.316. The number of benzene rings is 1. The lowest BCUT2D eigenvalue weighted by Crippen LogP contribution is -2.19. The first-order valence-corrected chi connectivity index (χ1v) is 6.57. The van der Waals surface area contributed by atoms with Crippen LogP contribution in [0.25, 0.3) is 0 Å². The van der Waals surface area contributed by atoms with Gasteiger partial charge in [-0.25, -0.2) is 0 Å². The standard InChI is InChI=1S/C14H21N3O2/c1-3-9-7-12(9)16-8-11-6-10(14(15)17-18)4-5-13(11)19-2/h4-6,9,12,16,18H,3,7-8H2,1-2H3,(H2,15,17). The average Bonchev–Trinajstić information content (AvgIpc) is 3.22. The Balaban J connectivity index is 2.08. The van der Waals surface area contributed by atoms with Gasteiger partial charge in [0.2, 0.25) is 0 Å². The summed E-state index contributed by atoms with van der Waals surface area (Å²) < 4.78 is 5.34. The molecule has 0 aliphatic heterocycles. The highest BCUT2D eigenvalue weighted by molar-refractivity contribution is 5.97. The predicted octanol–water partition coefficient (Wildman–Crippen LogP) is 1.68. The molecule has 1 aromatic rings. The van der Waals surface area contributed by atoms with Gasteiger partial charge in [0.1, 0.15) is 5.75 Å². The minimum atomic E-state index is 0.113. The molecule has 0 aromatic heterocycles. The number of hydrogen-bond donors (Lipinski definition) is 3. The van der Waals surface area contributed by atoms with Crippen LogP contribution >= 0.6 is 0 Å². The second kappa shape index (κ2) is 5.93. The third-order valence-corrected chi connectivity index (χ3v) is 3.69. The van der Waals surface area contributed by atoms with Crippen molar-refractivity contribution in [2.75, 3.05) is 7.11 Å². The first kappa shape index (κ1) is 13.7. The van der Waals surface area contributed by atoms with Crippen LogP contribution < -0.4 is 15.8 Å². The van der Waals surface area contributed by atoms with Crippen molar-refractivity contribution < 1.29 is 9.94 Å². The molecule has 0 amide bonds. The molecule has 0 saturated heterocycles. The highest BCUT2D eigenvalue weighted by Gasteiger charge is 2.34. The van der Waals surface area contributed by atoms with Gasteiger partial charge in [0.15, 0.2) is 5.84 Å². The molecule has 5 heteroatoms. The lowest BCUT2D eigenvalue weighted by Gasteiger charge is -2.11. The van der Waals surface area contributed by atoms with Gasteiger partial charge >= 0.3 is 0 Å². The van der Waals surface area contributed by atoms with Crippen LogP contribution in [0.1, 0.15) is 30.9 Å². The fraction of sp³-hybridized carbons (Fsp3) is 0.500. The van der Waals surface area contributed by atoms with Crippen molar-refractivity contribution in [1.29, 1.82) is 0 Å². The summed E-state index contributed by atoms with van der Waals surface area (Å²) in [6.45, 7) is 2.95. The van der Waals surface area contributed by atoms with E-state index in [2.05, 4.69) is 17.4 Å². The van der Waals surface area contributed by atoms with E-state index in [0.717, 1.165) is 23.8 Å². The van der Waals surface area contributed by atoms with Crippen molar-refractivity contribution in [3.05, 3.63) is 29.3 Å². The first-order valence-electron chi connectivity index (χ1n) is 6.57. The summed E-state index contributed by atoms with van der Waals surface area (Å²) in [4.78, 5) is 0. The van der Waals surface area contributed by atoms with Crippen molar-refractivity contribution >= 4 is 5.84 Å². The molecule has 1 saturated carbocycles. The number of methoxy groups -OCH3 is 1. The Kier molecular flexibility index (Phi) is 4.27. The molecule has 0 spiro atoms. The lowest BCUT2D eigenvalue weighted by molar-refractivity contribution is 0.318. The van der Waals surface area contributed by atoms with Gasteiger partial charge in [0.25, 0.3) is 0 Å². The predicted molar refractivity (Wildman–Crippen MR) is 74.5 cm³/mol. The lowest BCUT2D eigenvalue weighted by atomic mass is 10.1. The van der Waals surface area contributed by atoms with Gasteiger partial charge < -0.3 is 21.0 Å². The zero-order valence-electron chi connectivity index (χ0n) is 11.4. The summed E-state index contributed by atoms with van der Waals surface area (Å²) in [6.07, 6.45) is 2.47.